The van der Waals surface area contributed by atoms with Gasteiger partial charge in [-0.25, -0.2) is 0 Å². The van der Waals surface area contributed by atoms with Gasteiger partial charge in [-0.15, -0.1) is 0 Å². The topological polar surface area (TPSA) is 0 Å². The van der Waals surface area contributed by atoms with Gasteiger partial charge >= 0.3 is 125 Å². The molecule has 0 heterocycles. The normalized spacial score (nSPS) is 13.2. The van der Waals surface area contributed by atoms with E-state index < -0.39 is 20.3 Å². The van der Waals surface area contributed by atoms with Gasteiger partial charge in [0.2, 0.25) is 0 Å². The van der Waals surface area contributed by atoms with E-state index in [-0.39, 0.29) is 10.8 Å². The summed E-state index contributed by atoms with van der Waals surface area (Å²) in [6, 6.07) is 6.88. The van der Waals surface area contributed by atoms with Crippen LogP contribution in [0.1, 0.15) is 52.7 Å². The molecule has 102 valence electrons. The van der Waals surface area contributed by atoms with Gasteiger partial charge in [-0.05, 0) is 0 Å². The predicted molar refractivity (Wildman–Crippen MR) is 87.2 cm³/mol. The van der Waals surface area contributed by atoms with Crippen molar-refractivity contribution in [2.75, 3.05) is 0 Å². The number of hydrogen-bond acceptors (Lipinski definition) is 1. The third kappa shape index (κ3) is 4.24. The van der Waals surface area contributed by atoms with Crippen molar-refractivity contribution in [2.45, 2.75) is 66.5 Å². The van der Waals surface area contributed by atoms with Crippen LogP contribution < -0.4 is 0 Å². The standard InChI is InChI=1S/C14H22S.2CH3.Bi/c1-13(2,3)10-8-7-9-11(12(10)15)14(4,5)6;;;/h7-9,15H,1-6H3;2*1H3;/q;;;+1/p-1. The molecule has 1 aromatic carbocycles. The van der Waals surface area contributed by atoms with Gasteiger partial charge < -0.3 is 0 Å². The first-order valence-electron chi connectivity index (χ1n) is 6.53. The molecular formula is C16H27BiS. The summed E-state index contributed by atoms with van der Waals surface area (Å²) in [6.45, 7) is 14.0. The third-order valence-corrected chi connectivity index (χ3v) is 10.3. The molecule has 0 saturated heterocycles. The zero-order chi connectivity index (χ0) is 14.1. The van der Waals surface area contributed by atoms with E-state index in [1.165, 1.54) is 11.1 Å². The molecule has 0 aromatic heterocycles. The van der Waals surface area contributed by atoms with Gasteiger partial charge in [0.15, 0.2) is 0 Å². The van der Waals surface area contributed by atoms with Crippen molar-refractivity contribution in [3.8, 4) is 0 Å². The van der Waals surface area contributed by atoms with E-state index in [9.17, 15) is 0 Å². The van der Waals surface area contributed by atoms with E-state index in [4.69, 9.17) is 0 Å². The Labute approximate surface area is 124 Å². The van der Waals surface area contributed by atoms with E-state index >= 15 is 0 Å². The Kier molecular flexibility index (Phi) is 5.35. The van der Waals surface area contributed by atoms with Crippen LogP contribution >= 0.6 is 8.52 Å². The van der Waals surface area contributed by atoms with Crippen molar-refractivity contribution < 1.29 is 0 Å². The Bertz CT molecular complexity index is 376. The van der Waals surface area contributed by atoms with Crippen molar-refractivity contribution in [3.63, 3.8) is 0 Å². The fourth-order valence-corrected chi connectivity index (χ4v) is 9.86. The maximum atomic E-state index is 2.48. The maximum absolute atomic E-state index is 2.48. The molecule has 2 heteroatoms. The van der Waals surface area contributed by atoms with Gasteiger partial charge in [0.05, 0.1) is 0 Å². The van der Waals surface area contributed by atoms with Crippen molar-refractivity contribution >= 4 is 28.8 Å². The molecule has 0 fully saturated rings. The van der Waals surface area contributed by atoms with Gasteiger partial charge in [0, 0.05) is 0 Å². The summed E-state index contributed by atoms with van der Waals surface area (Å²) in [4.78, 5) is 1.58. The van der Waals surface area contributed by atoms with E-state index in [2.05, 4.69) is 77.5 Å². The summed E-state index contributed by atoms with van der Waals surface area (Å²) < 4.78 is 4.96. The molecule has 18 heavy (non-hydrogen) atoms. The van der Waals surface area contributed by atoms with E-state index in [0.29, 0.717) is 0 Å². The van der Waals surface area contributed by atoms with Gasteiger partial charge in [0.25, 0.3) is 0 Å². The SMILES string of the molecule is [CH3][Bi]([CH3])[S]c1c(C(C)(C)C)cccc1C(C)(C)C. The minimum atomic E-state index is -1.29. The Morgan fingerprint density at radius 3 is 1.50 bits per heavy atom. The molecule has 1 rings (SSSR count). The first-order chi connectivity index (χ1) is 8.03. The molecule has 0 spiro atoms. The van der Waals surface area contributed by atoms with E-state index in [0.717, 1.165) is 0 Å². The molecule has 0 bridgehead atoms. The number of benzene rings is 1. The second-order valence-electron chi connectivity index (χ2n) is 7.09. The zero-order valence-corrected chi connectivity index (χ0v) is 17.4. The Hall–Kier alpha value is 0.453. The fourth-order valence-electron chi connectivity index (χ4n) is 2.00. The number of hydrogen-bond donors (Lipinski definition) is 0. The molecule has 0 saturated carbocycles. The van der Waals surface area contributed by atoms with E-state index in [1.807, 2.05) is 0 Å². The molecule has 0 aliphatic carbocycles. The predicted octanol–water partition coefficient (Wildman–Crippen LogP) is 5.62. The molecule has 0 unspecified atom stereocenters. The van der Waals surface area contributed by atoms with Crippen molar-refractivity contribution in [3.05, 3.63) is 29.3 Å². The van der Waals surface area contributed by atoms with Crippen LogP contribution in [0, 0.1) is 0 Å². The molecular weight excluding hydrogens is 433 g/mol. The Morgan fingerprint density at radius 1 is 0.833 bits per heavy atom. The van der Waals surface area contributed by atoms with Crippen LogP contribution in [-0.2, 0) is 10.8 Å². The summed E-state index contributed by atoms with van der Waals surface area (Å²) in [5.41, 5.74) is 3.54. The van der Waals surface area contributed by atoms with Crippen LogP contribution in [0.25, 0.3) is 0 Å². The molecule has 0 aliphatic rings. The van der Waals surface area contributed by atoms with Crippen LogP contribution in [0.5, 0.6) is 0 Å². The van der Waals surface area contributed by atoms with Crippen LogP contribution in [0.3, 0.4) is 0 Å². The molecule has 0 N–H and O–H groups in total. The second-order valence-corrected chi connectivity index (χ2v) is 22.5. The third-order valence-electron chi connectivity index (χ3n) is 2.90. The number of rotatable bonds is 2. The van der Waals surface area contributed by atoms with Crippen LogP contribution in [0.15, 0.2) is 23.1 Å². The molecule has 0 radical (unpaired) electrons. The van der Waals surface area contributed by atoms with Crippen molar-refractivity contribution in [1.82, 2.24) is 0 Å². The molecule has 0 aliphatic heterocycles. The van der Waals surface area contributed by atoms with Gasteiger partial charge in [-0.2, -0.15) is 0 Å². The summed E-state index contributed by atoms with van der Waals surface area (Å²) in [7, 11) is 2.21. The molecule has 0 amide bonds. The summed E-state index contributed by atoms with van der Waals surface area (Å²) in [5, 5.41) is 0. The Morgan fingerprint density at radius 2 is 1.22 bits per heavy atom. The average molecular weight is 460 g/mol. The molecule has 0 nitrogen and oxygen atoms in total. The van der Waals surface area contributed by atoms with Crippen molar-refractivity contribution in [1.29, 1.82) is 0 Å². The molecule has 0 atom stereocenters. The summed E-state index contributed by atoms with van der Waals surface area (Å²) in [6.07, 6.45) is 0. The van der Waals surface area contributed by atoms with Gasteiger partial charge in [0.1, 0.15) is 0 Å². The summed E-state index contributed by atoms with van der Waals surface area (Å²) >= 11 is -1.29. The minimum absolute atomic E-state index is 0.239. The molecule has 1 aromatic rings. The Balaban J connectivity index is 3.45. The first-order valence-corrected chi connectivity index (χ1v) is 18.5. The first kappa shape index (κ1) is 16.5. The van der Waals surface area contributed by atoms with Crippen molar-refractivity contribution in [2.24, 2.45) is 0 Å². The zero-order valence-electron chi connectivity index (χ0n) is 13.1. The monoisotopic (exact) mass is 460 g/mol. The van der Waals surface area contributed by atoms with E-state index in [1.54, 1.807) is 4.90 Å². The second kappa shape index (κ2) is 5.84. The summed E-state index contributed by atoms with van der Waals surface area (Å²) in [5.74, 6) is 0. The van der Waals surface area contributed by atoms with Gasteiger partial charge in [-0.1, -0.05) is 0 Å². The van der Waals surface area contributed by atoms with Crippen LogP contribution in [-0.4, -0.2) is 20.3 Å². The van der Waals surface area contributed by atoms with Crippen LogP contribution in [0.2, 0.25) is 9.26 Å². The van der Waals surface area contributed by atoms with Crippen LogP contribution in [0.4, 0.5) is 0 Å². The quantitative estimate of drug-likeness (QED) is 0.516. The van der Waals surface area contributed by atoms with Gasteiger partial charge in [-0.3, -0.25) is 0 Å². The fraction of sp³-hybridized carbons (Fsp3) is 0.625. The average Bonchev–Trinajstić information content (AvgIpc) is 2.13.